The fourth-order valence-corrected chi connectivity index (χ4v) is 1.02. The minimum Gasteiger partial charge on any atom is -0.356 e. The monoisotopic (exact) mass is 226 g/mol. The highest BCUT2D eigenvalue weighted by Crippen LogP contribution is 2.18. The maximum absolute atomic E-state index is 11.7. The van der Waals surface area contributed by atoms with Crippen molar-refractivity contribution in [2.45, 2.75) is 44.8 Å². The molecule has 0 saturated carbocycles. The lowest BCUT2D eigenvalue weighted by Crippen LogP contribution is -2.28. The molecule has 3 nitrogen and oxygen atoms in total. The van der Waals surface area contributed by atoms with Gasteiger partial charge in [0.05, 0.1) is 6.42 Å². The van der Waals surface area contributed by atoms with Crippen molar-refractivity contribution in [3.05, 3.63) is 0 Å². The lowest BCUT2D eigenvalue weighted by Gasteiger charge is -2.08. The van der Waals surface area contributed by atoms with Crippen LogP contribution in [0.5, 0.6) is 0 Å². The van der Waals surface area contributed by atoms with E-state index in [2.05, 4.69) is 5.32 Å². The molecule has 0 bridgehead atoms. The Bertz CT molecular complexity index is 192. The van der Waals surface area contributed by atoms with Crippen LogP contribution in [0.3, 0.4) is 0 Å². The largest absolute Gasteiger partial charge is 0.390 e. The highest BCUT2D eigenvalue weighted by molar-refractivity contribution is 5.75. The molecule has 0 aliphatic heterocycles. The number of halogens is 3. The molecule has 1 unspecified atom stereocenters. The van der Waals surface area contributed by atoms with Gasteiger partial charge in [0.25, 0.3) is 0 Å². The van der Waals surface area contributed by atoms with Crippen molar-refractivity contribution in [1.29, 1.82) is 0 Å². The lowest BCUT2D eigenvalue weighted by atomic mass is 10.1. The van der Waals surface area contributed by atoms with E-state index in [9.17, 15) is 18.0 Å². The van der Waals surface area contributed by atoms with E-state index in [0.29, 0.717) is 12.8 Å². The van der Waals surface area contributed by atoms with Gasteiger partial charge < -0.3 is 11.1 Å². The minimum absolute atomic E-state index is 0.0213. The van der Waals surface area contributed by atoms with Crippen molar-refractivity contribution in [3.8, 4) is 0 Å². The van der Waals surface area contributed by atoms with Crippen LogP contribution in [-0.2, 0) is 4.79 Å². The van der Waals surface area contributed by atoms with Crippen LogP contribution >= 0.6 is 0 Å². The Morgan fingerprint density at radius 2 is 2.07 bits per heavy atom. The summed E-state index contributed by atoms with van der Waals surface area (Å²) in [5, 5.41) is 2.21. The third kappa shape index (κ3) is 11.1. The lowest BCUT2D eigenvalue weighted by molar-refractivity contribution is -0.135. The molecule has 3 N–H and O–H groups in total. The topological polar surface area (TPSA) is 55.1 Å². The second kappa shape index (κ2) is 6.66. The molecule has 0 spiro atoms. The second-order valence-corrected chi connectivity index (χ2v) is 3.58. The first-order valence-corrected chi connectivity index (χ1v) is 4.90. The summed E-state index contributed by atoms with van der Waals surface area (Å²) in [6, 6.07) is 0.0213. The van der Waals surface area contributed by atoms with Crippen LogP contribution in [0.25, 0.3) is 0 Å². The predicted molar refractivity (Wildman–Crippen MR) is 51.2 cm³/mol. The van der Waals surface area contributed by atoms with Gasteiger partial charge in [-0.2, -0.15) is 13.2 Å². The Labute approximate surface area is 87.2 Å². The molecule has 0 aliphatic carbocycles. The maximum Gasteiger partial charge on any atom is 0.390 e. The number of hydrogen-bond donors (Lipinski definition) is 2. The van der Waals surface area contributed by atoms with Gasteiger partial charge >= 0.3 is 6.18 Å². The molecule has 90 valence electrons. The van der Waals surface area contributed by atoms with Gasteiger partial charge in [-0.05, 0) is 19.8 Å². The molecule has 0 aromatic heterocycles. The number of carbonyl (C=O) groups excluding carboxylic acids is 1. The van der Waals surface area contributed by atoms with E-state index >= 15 is 0 Å². The summed E-state index contributed by atoms with van der Waals surface area (Å²) < 4.78 is 35.1. The van der Waals surface area contributed by atoms with Gasteiger partial charge in [-0.1, -0.05) is 0 Å². The first kappa shape index (κ1) is 14.2. The molecular weight excluding hydrogens is 209 g/mol. The molecule has 0 aromatic rings. The number of rotatable bonds is 6. The summed E-state index contributed by atoms with van der Waals surface area (Å²) >= 11 is 0. The van der Waals surface area contributed by atoms with Gasteiger partial charge in [-0.25, -0.2) is 0 Å². The molecule has 0 radical (unpaired) electrons. The molecule has 0 aromatic carbocycles. The van der Waals surface area contributed by atoms with E-state index in [-0.39, 0.29) is 24.9 Å². The summed E-state index contributed by atoms with van der Waals surface area (Å²) in [6.45, 7) is 1.47. The molecule has 0 fully saturated rings. The van der Waals surface area contributed by atoms with E-state index in [0.717, 1.165) is 0 Å². The number of amides is 1. The minimum atomic E-state index is -4.21. The number of nitrogens with two attached hydrogens (primary N) is 1. The molecular formula is C9H17F3N2O. The van der Waals surface area contributed by atoms with Crippen LogP contribution in [0.2, 0.25) is 0 Å². The van der Waals surface area contributed by atoms with Crippen LogP contribution in [-0.4, -0.2) is 24.7 Å². The highest BCUT2D eigenvalue weighted by atomic mass is 19.4. The normalized spacial score (nSPS) is 13.7. The third-order valence-corrected chi connectivity index (χ3v) is 1.79. The van der Waals surface area contributed by atoms with Crippen LogP contribution in [0, 0.1) is 0 Å². The summed E-state index contributed by atoms with van der Waals surface area (Å²) in [5.41, 5.74) is 5.46. The van der Waals surface area contributed by atoms with Crippen molar-refractivity contribution < 1.29 is 18.0 Å². The molecule has 15 heavy (non-hydrogen) atoms. The third-order valence-electron chi connectivity index (χ3n) is 1.79. The van der Waals surface area contributed by atoms with Gasteiger partial charge in [0, 0.05) is 19.0 Å². The average molecular weight is 226 g/mol. The summed E-state index contributed by atoms with van der Waals surface area (Å²) in [7, 11) is 0. The molecule has 0 saturated heterocycles. The number of carbonyl (C=O) groups is 1. The maximum atomic E-state index is 11.7. The number of nitrogens with one attached hydrogen (secondary N) is 1. The quantitative estimate of drug-likeness (QED) is 0.722. The molecule has 0 rings (SSSR count). The van der Waals surface area contributed by atoms with Gasteiger partial charge in [0.1, 0.15) is 0 Å². The molecule has 6 heteroatoms. The average Bonchev–Trinajstić information content (AvgIpc) is 2.00. The standard InChI is InChI=1S/C9H17F3N2O/c1-7(13)3-2-4-8(15)14-6-5-9(10,11)12/h7H,2-6,13H2,1H3,(H,14,15). The van der Waals surface area contributed by atoms with E-state index in [1.165, 1.54) is 0 Å². The van der Waals surface area contributed by atoms with Crippen LogP contribution < -0.4 is 11.1 Å². The van der Waals surface area contributed by atoms with Crippen molar-refractivity contribution in [2.24, 2.45) is 5.73 Å². The van der Waals surface area contributed by atoms with Gasteiger partial charge in [-0.3, -0.25) is 4.79 Å². The first-order chi connectivity index (χ1) is 6.81. The zero-order valence-corrected chi connectivity index (χ0v) is 8.73. The Kier molecular flexibility index (Phi) is 6.31. The van der Waals surface area contributed by atoms with E-state index in [4.69, 9.17) is 5.73 Å². The van der Waals surface area contributed by atoms with Crippen molar-refractivity contribution in [3.63, 3.8) is 0 Å². The zero-order valence-electron chi connectivity index (χ0n) is 8.73. The number of alkyl halides is 3. The molecule has 0 heterocycles. The first-order valence-electron chi connectivity index (χ1n) is 4.90. The number of hydrogen-bond acceptors (Lipinski definition) is 2. The highest BCUT2D eigenvalue weighted by Gasteiger charge is 2.26. The van der Waals surface area contributed by atoms with Crippen LogP contribution in [0.1, 0.15) is 32.6 Å². The van der Waals surface area contributed by atoms with Crippen molar-refractivity contribution >= 4 is 5.91 Å². The van der Waals surface area contributed by atoms with Crippen molar-refractivity contribution in [2.75, 3.05) is 6.54 Å². The Hall–Kier alpha value is -0.780. The smallest absolute Gasteiger partial charge is 0.356 e. The van der Waals surface area contributed by atoms with Gasteiger partial charge in [-0.15, -0.1) is 0 Å². The van der Waals surface area contributed by atoms with Crippen molar-refractivity contribution in [1.82, 2.24) is 5.32 Å². The van der Waals surface area contributed by atoms with Gasteiger partial charge in [0.2, 0.25) is 5.91 Å². The SMILES string of the molecule is CC(N)CCCC(=O)NCCC(F)(F)F. The Morgan fingerprint density at radius 1 is 1.47 bits per heavy atom. The zero-order chi connectivity index (χ0) is 11.9. The summed E-state index contributed by atoms with van der Waals surface area (Å²) in [5.74, 6) is -0.347. The fraction of sp³-hybridized carbons (Fsp3) is 0.889. The molecule has 1 atom stereocenters. The summed E-state index contributed by atoms with van der Waals surface area (Å²) in [4.78, 5) is 11.0. The Balaban J connectivity index is 3.42. The summed E-state index contributed by atoms with van der Waals surface area (Å²) in [6.07, 6.45) is -3.65. The van der Waals surface area contributed by atoms with Crippen LogP contribution in [0.4, 0.5) is 13.2 Å². The fourth-order valence-electron chi connectivity index (χ4n) is 1.02. The van der Waals surface area contributed by atoms with E-state index in [1.54, 1.807) is 0 Å². The van der Waals surface area contributed by atoms with Crippen LogP contribution in [0.15, 0.2) is 0 Å². The predicted octanol–water partition coefficient (Wildman–Crippen LogP) is 1.57. The van der Waals surface area contributed by atoms with Gasteiger partial charge in [0.15, 0.2) is 0 Å². The molecule has 1 amide bonds. The molecule has 0 aliphatic rings. The second-order valence-electron chi connectivity index (χ2n) is 3.58. The van der Waals surface area contributed by atoms with E-state index < -0.39 is 12.6 Å². The Morgan fingerprint density at radius 3 is 2.53 bits per heavy atom. The van der Waals surface area contributed by atoms with E-state index in [1.807, 2.05) is 6.92 Å².